The highest BCUT2D eigenvalue weighted by Gasteiger charge is 2.66. The Hall–Kier alpha value is -2.74. The molecule has 1 fully saturated rings. The molecule has 8 nitrogen and oxygen atoms in total. The van der Waals surface area contributed by atoms with E-state index in [-0.39, 0.29) is 12.5 Å². The summed E-state index contributed by atoms with van der Waals surface area (Å²) in [5, 5.41) is 20.2. The van der Waals surface area contributed by atoms with Gasteiger partial charge < -0.3 is 19.6 Å². The molecule has 1 heterocycles. The molecule has 2 N–H and O–H groups in total. The normalized spacial score (nSPS) is 23.5. The molecule has 1 aliphatic rings. The van der Waals surface area contributed by atoms with Gasteiger partial charge in [0.1, 0.15) is 5.54 Å². The lowest BCUT2D eigenvalue weighted by molar-refractivity contribution is -0.190. The first kappa shape index (κ1) is 19.0. The zero-order valence-electron chi connectivity index (χ0n) is 15.8. The molecule has 0 bridgehead atoms. The average molecular weight is 373 g/mol. The van der Waals surface area contributed by atoms with Gasteiger partial charge in [-0.05, 0) is 31.2 Å². The molecule has 8 heteroatoms. The third-order valence-electron chi connectivity index (χ3n) is 5.38. The summed E-state index contributed by atoms with van der Waals surface area (Å²) in [6.45, 7) is 7.65. The Morgan fingerprint density at radius 2 is 1.96 bits per heavy atom. The van der Waals surface area contributed by atoms with Crippen LogP contribution in [0.25, 0.3) is 11.5 Å². The molecule has 1 aromatic heterocycles. The highest BCUT2D eigenvalue weighted by molar-refractivity contribution is 5.99. The highest BCUT2D eigenvalue weighted by Crippen LogP contribution is 2.51. The third-order valence-corrected chi connectivity index (χ3v) is 5.38. The molecule has 2 atom stereocenters. The van der Waals surface area contributed by atoms with E-state index in [0.29, 0.717) is 29.5 Å². The van der Waals surface area contributed by atoms with Gasteiger partial charge in [-0.3, -0.25) is 4.79 Å². The summed E-state index contributed by atoms with van der Waals surface area (Å²) in [5.74, 6) is -0.698. The minimum Gasteiger partial charge on any atom is -0.479 e. The highest BCUT2D eigenvalue weighted by atomic mass is 16.5. The van der Waals surface area contributed by atoms with Gasteiger partial charge >= 0.3 is 5.97 Å². The van der Waals surface area contributed by atoms with Crippen molar-refractivity contribution in [3.8, 4) is 11.5 Å². The molecule has 2 unspecified atom stereocenters. The predicted octanol–water partition coefficient (Wildman–Crippen LogP) is 2.43. The Bertz CT molecular complexity index is 858. The number of aliphatic carboxylic acids is 1. The third kappa shape index (κ3) is 3.10. The first-order valence-electron chi connectivity index (χ1n) is 8.79. The molecule has 144 valence electrons. The lowest BCUT2D eigenvalue weighted by atomic mass is 9.54. The second-order valence-electron chi connectivity index (χ2n) is 7.24. The monoisotopic (exact) mass is 373 g/mol. The SMILES string of the molecule is CCOC1CC(NC(=O)c2ccc(-c3nnc(C)o3)cc2)(C(=O)O)C1(C)C. The van der Waals surface area contributed by atoms with Gasteiger partial charge in [0.2, 0.25) is 11.8 Å². The van der Waals surface area contributed by atoms with E-state index in [9.17, 15) is 14.7 Å². The number of nitrogens with one attached hydrogen (secondary N) is 1. The lowest BCUT2D eigenvalue weighted by Crippen LogP contribution is -2.76. The molecule has 0 spiro atoms. The predicted molar refractivity (Wildman–Crippen MR) is 96.1 cm³/mol. The van der Waals surface area contributed by atoms with Crippen LogP contribution >= 0.6 is 0 Å². The molecule has 0 aliphatic heterocycles. The maximum atomic E-state index is 12.7. The Balaban J connectivity index is 1.78. The van der Waals surface area contributed by atoms with E-state index in [0.717, 1.165) is 0 Å². The number of hydrogen-bond donors (Lipinski definition) is 2. The standard InChI is InChI=1S/C19H23N3O5/c1-5-26-14-10-19(17(24)25,18(14,3)4)20-15(23)12-6-8-13(9-7-12)16-22-21-11(2)27-16/h6-9,14H,5,10H2,1-4H3,(H,20,23)(H,24,25). The minimum atomic E-state index is -1.37. The molecule has 3 rings (SSSR count). The molecule has 1 saturated carbocycles. The molecule has 0 radical (unpaired) electrons. The van der Waals surface area contributed by atoms with Gasteiger partial charge in [0.15, 0.2) is 0 Å². The smallest absolute Gasteiger partial charge is 0.330 e. The van der Waals surface area contributed by atoms with Crippen molar-refractivity contribution in [3.05, 3.63) is 35.7 Å². The Labute approximate surface area is 156 Å². The van der Waals surface area contributed by atoms with Crippen LogP contribution in [0.5, 0.6) is 0 Å². The Morgan fingerprint density at radius 1 is 1.30 bits per heavy atom. The van der Waals surface area contributed by atoms with Crippen LogP contribution in [0, 0.1) is 12.3 Å². The summed E-state index contributed by atoms with van der Waals surface area (Å²) in [4.78, 5) is 24.7. The number of carboxylic acid groups (broad SMARTS) is 1. The minimum absolute atomic E-state index is 0.220. The van der Waals surface area contributed by atoms with Crippen LogP contribution in [-0.2, 0) is 9.53 Å². The zero-order chi connectivity index (χ0) is 19.8. The van der Waals surface area contributed by atoms with E-state index in [2.05, 4.69) is 15.5 Å². The number of ether oxygens (including phenoxy) is 1. The van der Waals surface area contributed by atoms with E-state index >= 15 is 0 Å². The molecule has 2 aromatic rings. The van der Waals surface area contributed by atoms with Gasteiger partial charge in [-0.15, -0.1) is 10.2 Å². The van der Waals surface area contributed by atoms with Gasteiger partial charge in [-0.1, -0.05) is 13.8 Å². The summed E-state index contributed by atoms with van der Waals surface area (Å²) >= 11 is 0. The van der Waals surface area contributed by atoms with Gasteiger partial charge in [-0.25, -0.2) is 4.79 Å². The van der Waals surface area contributed by atoms with Gasteiger partial charge in [0.25, 0.3) is 5.91 Å². The maximum absolute atomic E-state index is 12.7. The first-order chi connectivity index (χ1) is 12.7. The number of aryl methyl sites for hydroxylation is 1. The second-order valence-corrected chi connectivity index (χ2v) is 7.24. The number of nitrogens with zero attached hydrogens (tertiary/aromatic N) is 2. The average Bonchev–Trinajstić information content (AvgIpc) is 3.06. The van der Waals surface area contributed by atoms with Gasteiger partial charge in [-0.2, -0.15) is 0 Å². The molecule has 27 heavy (non-hydrogen) atoms. The van der Waals surface area contributed by atoms with E-state index in [1.807, 2.05) is 6.92 Å². The van der Waals surface area contributed by atoms with Crippen molar-refractivity contribution in [1.82, 2.24) is 15.5 Å². The van der Waals surface area contributed by atoms with Crippen LogP contribution in [0.2, 0.25) is 0 Å². The largest absolute Gasteiger partial charge is 0.479 e. The van der Waals surface area contributed by atoms with Crippen molar-refractivity contribution in [3.63, 3.8) is 0 Å². The summed E-state index contributed by atoms with van der Waals surface area (Å²) < 4.78 is 11.0. The number of carbonyl (C=O) groups excluding carboxylic acids is 1. The van der Waals surface area contributed by atoms with Crippen LogP contribution in [0.15, 0.2) is 28.7 Å². The van der Waals surface area contributed by atoms with Crippen molar-refractivity contribution < 1.29 is 23.8 Å². The molecule has 0 saturated heterocycles. The Morgan fingerprint density at radius 3 is 2.44 bits per heavy atom. The maximum Gasteiger partial charge on any atom is 0.330 e. The number of hydrogen-bond acceptors (Lipinski definition) is 6. The van der Waals surface area contributed by atoms with Crippen molar-refractivity contribution in [1.29, 1.82) is 0 Å². The van der Waals surface area contributed by atoms with Crippen LogP contribution in [-0.4, -0.2) is 45.4 Å². The van der Waals surface area contributed by atoms with Crippen LogP contribution in [0.1, 0.15) is 43.4 Å². The second kappa shape index (κ2) is 6.77. The Kier molecular flexibility index (Phi) is 4.77. The van der Waals surface area contributed by atoms with Crippen molar-refractivity contribution in [2.75, 3.05) is 6.61 Å². The quantitative estimate of drug-likeness (QED) is 0.799. The van der Waals surface area contributed by atoms with Crippen LogP contribution in [0.3, 0.4) is 0 Å². The molecule has 1 aliphatic carbocycles. The fourth-order valence-electron chi connectivity index (χ4n) is 3.48. The molecule has 1 amide bonds. The van der Waals surface area contributed by atoms with Crippen molar-refractivity contribution >= 4 is 11.9 Å². The van der Waals surface area contributed by atoms with Crippen molar-refractivity contribution in [2.24, 2.45) is 5.41 Å². The number of benzene rings is 1. The van der Waals surface area contributed by atoms with Crippen molar-refractivity contribution in [2.45, 2.75) is 45.8 Å². The zero-order valence-corrected chi connectivity index (χ0v) is 15.8. The first-order valence-corrected chi connectivity index (χ1v) is 8.79. The molecule has 1 aromatic carbocycles. The number of aromatic nitrogens is 2. The molecular formula is C19H23N3O5. The van der Waals surface area contributed by atoms with Gasteiger partial charge in [0, 0.05) is 36.5 Å². The topological polar surface area (TPSA) is 115 Å². The van der Waals surface area contributed by atoms with E-state index in [1.165, 1.54) is 0 Å². The summed E-state index contributed by atoms with van der Waals surface area (Å²) in [5.41, 5.74) is -1.07. The van der Waals surface area contributed by atoms with Crippen LogP contribution < -0.4 is 5.32 Å². The number of rotatable bonds is 6. The summed E-state index contributed by atoms with van der Waals surface area (Å²) in [6, 6.07) is 6.57. The number of amides is 1. The van der Waals surface area contributed by atoms with E-state index < -0.39 is 22.8 Å². The fraction of sp³-hybridized carbons (Fsp3) is 0.474. The number of carboxylic acids is 1. The lowest BCUT2D eigenvalue weighted by Gasteiger charge is -2.58. The summed E-state index contributed by atoms with van der Waals surface area (Å²) in [7, 11) is 0. The fourth-order valence-corrected chi connectivity index (χ4v) is 3.48. The number of carbonyl (C=O) groups is 2. The molecular weight excluding hydrogens is 350 g/mol. The van der Waals surface area contributed by atoms with E-state index in [1.54, 1.807) is 45.0 Å². The summed E-state index contributed by atoms with van der Waals surface area (Å²) in [6.07, 6.45) is 0.0101. The van der Waals surface area contributed by atoms with E-state index in [4.69, 9.17) is 9.15 Å². The van der Waals surface area contributed by atoms with Crippen LogP contribution in [0.4, 0.5) is 0 Å². The van der Waals surface area contributed by atoms with Gasteiger partial charge in [0.05, 0.1) is 6.10 Å².